The van der Waals surface area contributed by atoms with Crippen LogP contribution in [0.5, 0.6) is 0 Å². The van der Waals surface area contributed by atoms with Crippen molar-refractivity contribution in [2.45, 2.75) is 6.92 Å². The molecular formula is C18H14Cl2N2O. The highest BCUT2D eigenvalue weighted by atomic mass is 35.5. The first kappa shape index (κ1) is 15.7. The Bertz CT molecular complexity index is 884. The van der Waals surface area contributed by atoms with E-state index in [1.165, 1.54) is 0 Å². The molecular weight excluding hydrogens is 331 g/mol. The molecule has 0 aliphatic rings. The molecule has 2 aromatic carbocycles. The van der Waals surface area contributed by atoms with Gasteiger partial charge in [-0.2, -0.15) is 0 Å². The molecule has 0 amide bonds. The minimum atomic E-state index is -0.108. The molecule has 3 rings (SSSR count). The fourth-order valence-electron chi connectivity index (χ4n) is 2.40. The van der Waals surface area contributed by atoms with Gasteiger partial charge in [0.05, 0.1) is 0 Å². The highest BCUT2D eigenvalue weighted by Crippen LogP contribution is 2.20. The molecule has 0 atom stereocenters. The smallest absolute Gasteiger partial charge is 0.257 e. The predicted octanol–water partition coefficient (Wildman–Crippen LogP) is 5.20. The van der Waals surface area contributed by atoms with Gasteiger partial charge in [-0.1, -0.05) is 23.2 Å². The summed E-state index contributed by atoms with van der Waals surface area (Å²) in [5.74, 6) is 0. The Hall–Kier alpha value is -2.23. The third kappa shape index (κ3) is 3.58. The summed E-state index contributed by atoms with van der Waals surface area (Å²) < 4.78 is 1.64. The summed E-state index contributed by atoms with van der Waals surface area (Å²) in [6.45, 7) is 1.89. The summed E-state index contributed by atoms with van der Waals surface area (Å²) in [5, 5.41) is 4.52. The van der Waals surface area contributed by atoms with Crippen LogP contribution < -0.4 is 10.9 Å². The maximum Gasteiger partial charge on any atom is 0.257 e. The van der Waals surface area contributed by atoms with Gasteiger partial charge in [-0.15, -0.1) is 0 Å². The number of nitrogens with zero attached hydrogens (tertiary/aromatic N) is 1. The highest BCUT2D eigenvalue weighted by molar-refractivity contribution is 6.30. The maximum absolute atomic E-state index is 12.5. The largest absolute Gasteiger partial charge is 0.355 e. The number of pyridine rings is 1. The third-order valence-electron chi connectivity index (χ3n) is 3.43. The number of anilines is 2. The molecule has 1 heterocycles. The maximum atomic E-state index is 12.5. The van der Waals surface area contributed by atoms with Crippen LogP contribution in [0.15, 0.2) is 65.5 Å². The number of aromatic nitrogens is 1. The molecule has 0 spiro atoms. The molecule has 0 saturated carbocycles. The van der Waals surface area contributed by atoms with Crippen molar-refractivity contribution in [3.8, 4) is 5.69 Å². The first-order valence-electron chi connectivity index (χ1n) is 7.05. The van der Waals surface area contributed by atoms with Crippen molar-refractivity contribution < 1.29 is 0 Å². The lowest BCUT2D eigenvalue weighted by Gasteiger charge is -2.13. The van der Waals surface area contributed by atoms with Gasteiger partial charge in [0.25, 0.3) is 5.56 Å². The van der Waals surface area contributed by atoms with Crippen LogP contribution in [-0.2, 0) is 0 Å². The van der Waals surface area contributed by atoms with Crippen LogP contribution in [-0.4, -0.2) is 4.57 Å². The Labute approximate surface area is 144 Å². The summed E-state index contributed by atoms with van der Waals surface area (Å²) in [6, 6.07) is 18.0. The van der Waals surface area contributed by atoms with Crippen LogP contribution in [0.4, 0.5) is 11.4 Å². The summed E-state index contributed by atoms with van der Waals surface area (Å²) >= 11 is 11.8. The van der Waals surface area contributed by atoms with Gasteiger partial charge in [0, 0.05) is 38.9 Å². The average Bonchev–Trinajstić information content (AvgIpc) is 2.51. The molecule has 23 heavy (non-hydrogen) atoms. The number of hydrogen-bond donors (Lipinski definition) is 1. The van der Waals surface area contributed by atoms with Gasteiger partial charge in [0.15, 0.2) is 0 Å². The first-order valence-corrected chi connectivity index (χ1v) is 7.81. The number of halogens is 2. The Balaban J connectivity index is 1.95. The minimum absolute atomic E-state index is 0.108. The van der Waals surface area contributed by atoms with E-state index in [1.807, 2.05) is 37.3 Å². The van der Waals surface area contributed by atoms with Gasteiger partial charge in [0.1, 0.15) is 0 Å². The molecule has 0 bridgehead atoms. The fraction of sp³-hybridized carbons (Fsp3) is 0.0556. The molecule has 5 heteroatoms. The second-order valence-electron chi connectivity index (χ2n) is 5.17. The standard InChI is InChI=1S/C18H14Cl2N2O/c1-12-10-16(21-15-6-2-13(19)3-7-15)11-18(23)22(12)17-8-4-14(20)5-9-17/h2-11,21H,1H3. The van der Waals surface area contributed by atoms with Crippen LogP contribution in [0.2, 0.25) is 10.0 Å². The quantitative estimate of drug-likeness (QED) is 0.708. The van der Waals surface area contributed by atoms with E-state index in [0.29, 0.717) is 10.0 Å². The van der Waals surface area contributed by atoms with Crippen LogP contribution in [0.3, 0.4) is 0 Å². The van der Waals surface area contributed by atoms with Crippen molar-refractivity contribution in [2.75, 3.05) is 5.32 Å². The number of nitrogens with one attached hydrogen (secondary N) is 1. The molecule has 3 nitrogen and oxygen atoms in total. The Kier molecular flexibility index (Phi) is 4.42. The second kappa shape index (κ2) is 6.49. The number of hydrogen-bond acceptors (Lipinski definition) is 2. The summed E-state index contributed by atoms with van der Waals surface area (Å²) in [5.41, 5.74) is 3.12. The van der Waals surface area contributed by atoms with Crippen molar-refractivity contribution >= 4 is 34.6 Å². The van der Waals surface area contributed by atoms with Crippen LogP contribution in [0.25, 0.3) is 5.69 Å². The highest BCUT2D eigenvalue weighted by Gasteiger charge is 2.06. The van der Waals surface area contributed by atoms with Gasteiger partial charge in [-0.25, -0.2) is 0 Å². The molecule has 0 unspecified atom stereocenters. The summed E-state index contributed by atoms with van der Waals surface area (Å²) in [4.78, 5) is 12.5. The molecule has 0 fully saturated rings. The van der Waals surface area contributed by atoms with E-state index in [4.69, 9.17) is 23.2 Å². The summed E-state index contributed by atoms with van der Waals surface area (Å²) in [6.07, 6.45) is 0. The van der Waals surface area contributed by atoms with Gasteiger partial charge < -0.3 is 5.32 Å². The van der Waals surface area contributed by atoms with Crippen molar-refractivity contribution in [1.82, 2.24) is 4.57 Å². The van der Waals surface area contributed by atoms with E-state index in [1.54, 1.807) is 34.9 Å². The van der Waals surface area contributed by atoms with E-state index in [0.717, 1.165) is 22.8 Å². The van der Waals surface area contributed by atoms with Gasteiger partial charge >= 0.3 is 0 Å². The number of rotatable bonds is 3. The second-order valence-corrected chi connectivity index (χ2v) is 6.04. The number of aryl methyl sites for hydroxylation is 1. The molecule has 1 N–H and O–H groups in total. The number of benzene rings is 2. The molecule has 3 aromatic rings. The van der Waals surface area contributed by atoms with E-state index in [-0.39, 0.29) is 5.56 Å². The molecule has 0 radical (unpaired) electrons. The van der Waals surface area contributed by atoms with Gasteiger partial charge in [0.2, 0.25) is 0 Å². The van der Waals surface area contributed by atoms with Crippen molar-refractivity contribution in [1.29, 1.82) is 0 Å². The van der Waals surface area contributed by atoms with Crippen molar-refractivity contribution in [2.24, 2.45) is 0 Å². The lowest BCUT2D eigenvalue weighted by atomic mass is 10.2. The van der Waals surface area contributed by atoms with Gasteiger partial charge in [-0.3, -0.25) is 9.36 Å². The zero-order valence-electron chi connectivity index (χ0n) is 12.4. The van der Waals surface area contributed by atoms with E-state index in [2.05, 4.69) is 5.32 Å². The van der Waals surface area contributed by atoms with Gasteiger partial charge in [-0.05, 0) is 61.5 Å². The predicted molar refractivity (Wildman–Crippen MR) is 96.5 cm³/mol. The molecule has 116 valence electrons. The SMILES string of the molecule is Cc1cc(Nc2ccc(Cl)cc2)cc(=O)n1-c1ccc(Cl)cc1. The Morgan fingerprint density at radius 3 is 1.96 bits per heavy atom. The zero-order chi connectivity index (χ0) is 16.4. The topological polar surface area (TPSA) is 34.0 Å². The van der Waals surface area contributed by atoms with Crippen LogP contribution in [0.1, 0.15) is 5.69 Å². The molecule has 0 aliphatic carbocycles. The molecule has 0 aliphatic heterocycles. The molecule has 0 saturated heterocycles. The molecule has 1 aromatic heterocycles. The van der Waals surface area contributed by atoms with E-state index in [9.17, 15) is 4.79 Å². The lowest BCUT2D eigenvalue weighted by Crippen LogP contribution is -2.20. The van der Waals surface area contributed by atoms with Crippen molar-refractivity contribution in [3.63, 3.8) is 0 Å². The minimum Gasteiger partial charge on any atom is -0.355 e. The van der Waals surface area contributed by atoms with Crippen molar-refractivity contribution in [3.05, 3.63) is 86.8 Å². The van der Waals surface area contributed by atoms with Crippen LogP contribution >= 0.6 is 23.2 Å². The first-order chi connectivity index (χ1) is 11.0. The average molecular weight is 345 g/mol. The normalized spacial score (nSPS) is 10.6. The van der Waals surface area contributed by atoms with Crippen LogP contribution in [0, 0.1) is 6.92 Å². The Morgan fingerprint density at radius 2 is 1.39 bits per heavy atom. The lowest BCUT2D eigenvalue weighted by molar-refractivity contribution is 0.936. The third-order valence-corrected chi connectivity index (χ3v) is 3.94. The zero-order valence-corrected chi connectivity index (χ0v) is 13.9. The monoisotopic (exact) mass is 344 g/mol. The fourth-order valence-corrected chi connectivity index (χ4v) is 2.65. The summed E-state index contributed by atoms with van der Waals surface area (Å²) in [7, 11) is 0. The van der Waals surface area contributed by atoms with E-state index >= 15 is 0 Å². The Morgan fingerprint density at radius 1 is 0.826 bits per heavy atom. The van der Waals surface area contributed by atoms with E-state index < -0.39 is 0 Å².